The van der Waals surface area contributed by atoms with Gasteiger partial charge in [-0.05, 0) is 49.2 Å². The molecule has 0 aliphatic heterocycles. The highest BCUT2D eigenvalue weighted by Crippen LogP contribution is 2.36. The topological polar surface area (TPSA) is 87.1 Å². The number of hydrogen-bond donors (Lipinski definition) is 1. The fourth-order valence-electron chi connectivity index (χ4n) is 4.29. The van der Waals surface area contributed by atoms with Gasteiger partial charge in [-0.1, -0.05) is 22.0 Å². The number of halogens is 2. The molecule has 0 bridgehead atoms. The summed E-state index contributed by atoms with van der Waals surface area (Å²) in [7, 11) is 6.71. The average Bonchev–Trinajstić information content (AvgIpc) is 3.77. The number of nitrogens with zero attached hydrogens (tertiary/aromatic N) is 4. The SMILES string of the molecule is COCCN(C)c1cccc(N(C=O)c2c(C(=O)N(C)C3CC3)c(Nc3ccc(Br)cc3F)cc(=O)n2C)c1. The molecule has 1 aliphatic rings. The normalized spacial score (nSPS) is 12.7. The number of aromatic nitrogens is 1. The van der Waals surface area contributed by atoms with E-state index in [4.69, 9.17) is 4.74 Å². The van der Waals surface area contributed by atoms with E-state index in [1.54, 1.807) is 43.3 Å². The van der Waals surface area contributed by atoms with Gasteiger partial charge in [0.2, 0.25) is 6.41 Å². The molecule has 1 saturated carbocycles. The number of likely N-dealkylation sites (N-methyl/N-ethyl adjacent to an activating group) is 1. The van der Waals surface area contributed by atoms with Crippen molar-refractivity contribution in [2.24, 2.45) is 7.05 Å². The maximum atomic E-state index is 14.8. The number of pyridine rings is 1. The molecule has 0 saturated heterocycles. The summed E-state index contributed by atoms with van der Waals surface area (Å²) in [5.74, 6) is -0.880. The van der Waals surface area contributed by atoms with Crippen LogP contribution in [0.3, 0.4) is 0 Å². The van der Waals surface area contributed by atoms with Crippen LogP contribution in [-0.2, 0) is 16.6 Å². The van der Waals surface area contributed by atoms with E-state index in [9.17, 15) is 18.8 Å². The minimum Gasteiger partial charge on any atom is -0.383 e. The van der Waals surface area contributed by atoms with Crippen molar-refractivity contribution in [3.05, 3.63) is 74.7 Å². The van der Waals surface area contributed by atoms with E-state index in [1.165, 1.54) is 34.7 Å². The Morgan fingerprint density at radius 3 is 2.51 bits per heavy atom. The van der Waals surface area contributed by atoms with E-state index in [-0.39, 0.29) is 34.7 Å². The molecule has 1 aromatic heterocycles. The van der Waals surface area contributed by atoms with Gasteiger partial charge in [0.05, 0.1) is 23.7 Å². The molecule has 0 unspecified atom stereocenters. The van der Waals surface area contributed by atoms with E-state index in [0.717, 1.165) is 18.5 Å². The van der Waals surface area contributed by atoms with Crippen molar-refractivity contribution in [2.45, 2.75) is 18.9 Å². The van der Waals surface area contributed by atoms with E-state index >= 15 is 0 Å². The first-order valence-electron chi connectivity index (χ1n) is 12.4. The molecule has 1 N–H and O–H groups in total. The van der Waals surface area contributed by atoms with Gasteiger partial charge in [0.15, 0.2) is 0 Å². The second kappa shape index (κ2) is 12.0. The number of nitrogens with one attached hydrogen (secondary N) is 1. The van der Waals surface area contributed by atoms with Crippen LogP contribution in [0, 0.1) is 5.82 Å². The molecule has 9 nitrogen and oxygen atoms in total. The van der Waals surface area contributed by atoms with Crippen molar-refractivity contribution >= 4 is 56.8 Å². The van der Waals surface area contributed by atoms with E-state index in [1.807, 2.05) is 18.0 Å². The van der Waals surface area contributed by atoms with Gasteiger partial charge in [0, 0.05) is 57.1 Å². The third kappa shape index (κ3) is 6.15. The molecule has 4 rings (SSSR count). The van der Waals surface area contributed by atoms with Gasteiger partial charge in [-0.15, -0.1) is 0 Å². The zero-order chi connectivity index (χ0) is 28.3. The van der Waals surface area contributed by atoms with Gasteiger partial charge in [0.25, 0.3) is 11.5 Å². The Kier molecular flexibility index (Phi) is 8.71. The number of rotatable bonds is 11. The van der Waals surface area contributed by atoms with Crippen LogP contribution in [0.25, 0.3) is 0 Å². The maximum absolute atomic E-state index is 14.8. The molecule has 0 atom stereocenters. The number of benzene rings is 2. The Labute approximate surface area is 234 Å². The Hall–Kier alpha value is -3.70. The molecule has 1 fully saturated rings. The molecule has 1 aliphatic carbocycles. The highest BCUT2D eigenvalue weighted by atomic mass is 79.9. The Morgan fingerprint density at radius 2 is 1.87 bits per heavy atom. The lowest BCUT2D eigenvalue weighted by Crippen LogP contribution is -2.35. The monoisotopic (exact) mass is 599 g/mol. The number of ether oxygens (including phenoxy) is 1. The van der Waals surface area contributed by atoms with Crippen LogP contribution in [0.15, 0.2) is 57.8 Å². The molecule has 1 heterocycles. The standard InChI is InChI=1S/C28H31BrFN5O4/c1-32(12-13-39-4)20-6-5-7-21(15-20)35(17-36)27-26(28(38)33(2)19-9-10-19)24(16-25(37)34(27)3)31-23-11-8-18(29)14-22(23)30/h5-8,11,14-17,19,31H,9-10,12-13H2,1-4H3. The molecule has 0 radical (unpaired) electrons. The minimum absolute atomic E-state index is 0.0577. The number of carbonyl (C=O) groups is 2. The van der Waals surface area contributed by atoms with E-state index in [2.05, 4.69) is 21.2 Å². The summed E-state index contributed by atoms with van der Waals surface area (Å²) in [6, 6.07) is 12.9. The van der Waals surface area contributed by atoms with Crippen LogP contribution >= 0.6 is 15.9 Å². The largest absolute Gasteiger partial charge is 0.383 e. The molecule has 3 aromatic rings. The third-order valence-corrected chi connectivity index (χ3v) is 7.24. The average molecular weight is 600 g/mol. The number of amides is 2. The Balaban J connectivity index is 1.89. The smallest absolute Gasteiger partial charge is 0.259 e. The Bertz CT molecular complexity index is 1440. The zero-order valence-electron chi connectivity index (χ0n) is 22.3. The second-order valence-corrected chi connectivity index (χ2v) is 10.4. The van der Waals surface area contributed by atoms with Crippen molar-refractivity contribution in [1.29, 1.82) is 0 Å². The predicted octanol–water partition coefficient (Wildman–Crippen LogP) is 4.64. The van der Waals surface area contributed by atoms with Crippen LogP contribution in [0.1, 0.15) is 23.2 Å². The summed E-state index contributed by atoms with van der Waals surface area (Å²) in [6.45, 7) is 1.13. The summed E-state index contributed by atoms with van der Waals surface area (Å²) in [4.78, 5) is 44.5. The van der Waals surface area contributed by atoms with Crippen molar-refractivity contribution in [1.82, 2.24) is 9.47 Å². The summed E-state index contributed by atoms with van der Waals surface area (Å²) < 4.78 is 21.8. The number of carbonyl (C=O) groups excluding carboxylic acids is 2. The molecule has 0 spiro atoms. The number of anilines is 5. The zero-order valence-corrected chi connectivity index (χ0v) is 23.9. The molecule has 206 valence electrons. The van der Waals surface area contributed by atoms with Crippen molar-refractivity contribution in [3.8, 4) is 0 Å². The number of methoxy groups -OCH3 is 1. The molecule has 2 amide bonds. The van der Waals surface area contributed by atoms with Gasteiger partial charge in [-0.2, -0.15) is 0 Å². The van der Waals surface area contributed by atoms with Crippen molar-refractivity contribution in [3.63, 3.8) is 0 Å². The first kappa shape index (κ1) is 28.3. The quantitative estimate of drug-likeness (QED) is 0.323. The molecular formula is C28H31BrFN5O4. The lowest BCUT2D eigenvalue weighted by atomic mass is 10.1. The second-order valence-electron chi connectivity index (χ2n) is 9.46. The summed E-state index contributed by atoms with van der Waals surface area (Å²) in [6.07, 6.45) is 2.29. The van der Waals surface area contributed by atoms with Gasteiger partial charge in [-0.3, -0.25) is 23.9 Å². The lowest BCUT2D eigenvalue weighted by molar-refractivity contribution is -0.106. The van der Waals surface area contributed by atoms with Gasteiger partial charge in [0.1, 0.15) is 17.2 Å². The van der Waals surface area contributed by atoms with E-state index < -0.39 is 11.4 Å². The molecular weight excluding hydrogens is 569 g/mol. The highest BCUT2D eigenvalue weighted by molar-refractivity contribution is 9.10. The number of hydrogen-bond acceptors (Lipinski definition) is 6. The lowest BCUT2D eigenvalue weighted by Gasteiger charge is -2.28. The fraction of sp³-hybridized carbons (Fsp3) is 0.321. The van der Waals surface area contributed by atoms with Crippen molar-refractivity contribution in [2.75, 3.05) is 49.5 Å². The first-order chi connectivity index (χ1) is 18.7. The fourth-order valence-corrected chi connectivity index (χ4v) is 4.62. The Morgan fingerprint density at radius 1 is 1.15 bits per heavy atom. The molecule has 2 aromatic carbocycles. The molecule has 39 heavy (non-hydrogen) atoms. The van der Waals surface area contributed by atoms with Gasteiger partial charge < -0.3 is 19.9 Å². The first-order valence-corrected chi connectivity index (χ1v) is 13.2. The van der Waals surface area contributed by atoms with Gasteiger partial charge >= 0.3 is 0 Å². The maximum Gasteiger partial charge on any atom is 0.259 e. The summed E-state index contributed by atoms with van der Waals surface area (Å²) in [5.41, 5.74) is 1.06. The third-order valence-electron chi connectivity index (χ3n) is 6.75. The van der Waals surface area contributed by atoms with Crippen LogP contribution in [0.4, 0.5) is 33.0 Å². The minimum atomic E-state index is -0.570. The predicted molar refractivity (Wildman–Crippen MR) is 154 cm³/mol. The summed E-state index contributed by atoms with van der Waals surface area (Å²) >= 11 is 3.24. The van der Waals surface area contributed by atoms with Crippen LogP contribution < -0.4 is 20.7 Å². The molecule has 11 heteroatoms. The van der Waals surface area contributed by atoms with Crippen LogP contribution in [0.5, 0.6) is 0 Å². The van der Waals surface area contributed by atoms with Gasteiger partial charge in [-0.25, -0.2) is 4.39 Å². The van der Waals surface area contributed by atoms with Crippen molar-refractivity contribution < 1.29 is 18.7 Å². The van der Waals surface area contributed by atoms with Crippen LogP contribution in [-0.4, -0.2) is 62.2 Å². The summed E-state index contributed by atoms with van der Waals surface area (Å²) in [5, 5.41) is 2.93. The van der Waals surface area contributed by atoms with Crippen LogP contribution in [0.2, 0.25) is 0 Å². The highest BCUT2D eigenvalue weighted by Gasteiger charge is 2.35. The van der Waals surface area contributed by atoms with E-state index in [0.29, 0.717) is 29.7 Å².